The Kier molecular flexibility index (Phi) is 3.60. The summed E-state index contributed by atoms with van der Waals surface area (Å²) in [6.45, 7) is 6.74. The Balaban J connectivity index is 2.51. The van der Waals surface area contributed by atoms with Crippen LogP contribution in [0.25, 0.3) is 11.5 Å². The first-order valence-corrected chi connectivity index (χ1v) is 6.29. The summed E-state index contributed by atoms with van der Waals surface area (Å²) in [6, 6.07) is 1.87. The summed E-state index contributed by atoms with van der Waals surface area (Å²) in [5.41, 5.74) is 2.35. The first kappa shape index (κ1) is 12.5. The third-order valence-electron chi connectivity index (χ3n) is 2.97. The molecule has 0 amide bonds. The van der Waals surface area contributed by atoms with E-state index in [4.69, 9.17) is 0 Å². The molecule has 0 aromatic carbocycles. The fourth-order valence-corrected chi connectivity index (χ4v) is 2.07. The Morgan fingerprint density at radius 1 is 1.39 bits per heavy atom. The van der Waals surface area contributed by atoms with E-state index in [9.17, 15) is 4.79 Å². The lowest BCUT2D eigenvalue weighted by molar-refractivity contribution is 0.606. The summed E-state index contributed by atoms with van der Waals surface area (Å²) < 4.78 is 1.86. The summed E-state index contributed by atoms with van der Waals surface area (Å²) >= 11 is 0. The molecule has 0 atom stereocenters. The number of hydrogen-bond acceptors (Lipinski definition) is 3. The number of nitrogens with one attached hydrogen (secondary N) is 1. The zero-order valence-electron chi connectivity index (χ0n) is 11.0. The summed E-state index contributed by atoms with van der Waals surface area (Å²) in [6.07, 6.45) is 3.42. The number of aryl methyl sites for hydroxylation is 2. The second-order valence-electron chi connectivity index (χ2n) is 4.27. The molecule has 0 aliphatic rings. The van der Waals surface area contributed by atoms with Crippen molar-refractivity contribution in [3.05, 3.63) is 33.9 Å². The maximum atomic E-state index is 11.9. The van der Waals surface area contributed by atoms with E-state index < -0.39 is 0 Å². The Morgan fingerprint density at radius 2 is 2.17 bits per heavy atom. The van der Waals surface area contributed by atoms with Crippen molar-refractivity contribution in [3.8, 4) is 11.5 Å². The first-order chi connectivity index (χ1) is 8.67. The van der Waals surface area contributed by atoms with Crippen LogP contribution in [-0.4, -0.2) is 19.7 Å². The molecule has 2 aromatic rings. The van der Waals surface area contributed by atoms with Crippen LogP contribution in [0.4, 0.5) is 0 Å². The lowest BCUT2D eigenvalue weighted by atomic mass is 10.2. The van der Waals surface area contributed by atoms with Gasteiger partial charge in [-0.1, -0.05) is 13.8 Å². The molecule has 0 saturated heterocycles. The van der Waals surface area contributed by atoms with Gasteiger partial charge in [0.05, 0.1) is 0 Å². The minimum Gasteiger partial charge on any atom is -0.305 e. The molecule has 96 valence electrons. The van der Waals surface area contributed by atoms with Gasteiger partial charge in [0, 0.05) is 24.0 Å². The van der Waals surface area contributed by atoms with Crippen LogP contribution >= 0.6 is 0 Å². The highest BCUT2D eigenvalue weighted by atomic mass is 16.1. The average Bonchev–Trinajstić information content (AvgIpc) is 2.77. The molecule has 5 heteroatoms. The second-order valence-corrected chi connectivity index (χ2v) is 4.27. The maximum absolute atomic E-state index is 11.9. The average molecular weight is 246 g/mol. The van der Waals surface area contributed by atoms with E-state index in [0.29, 0.717) is 12.2 Å². The summed E-state index contributed by atoms with van der Waals surface area (Å²) in [7, 11) is 0. The number of aromatic nitrogens is 4. The van der Waals surface area contributed by atoms with E-state index in [2.05, 4.69) is 22.0 Å². The molecular formula is C13H18N4O. The predicted molar refractivity (Wildman–Crippen MR) is 70.5 cm³/mol. The molecule has 0 fully saturated rings. The minimum absolute atomic E-state index is 0.0516. The second kappa shape index (κ2) is 5.16. The van der Waals surface area contributed by atoms with E-state index in [1.165, 1.54) is 0 Å². The van der Waals surface area contributed by atoms with Crippen molar-refractivity contribution in [2.45, 2.75) is 40.2 Å². The zero-order valence-corrected chi connectivity index (χ0v) is 11.0. The SMILES string of the molecule is CCCn1nccc1-c1nc(C)c(CC)c(=O)[nH]1. The van der Waals surface area contributed by atoms with Crippen LogP contribution in [0, 0.1) is 6.92 Å². The molecule has 0 spiro atoms. The molecule has 5 nitrogen and oxygen atoms in total. The standard InChI is InChI=1S/C13H18N4O/c1-4-8-17-11(6-7-14-17)12-15-9(3)10(5-2)13(18)16-12/h6-7H,4-5,8H2,1-3H3,(H,15,16,18). The van der Waals surface area contributed by atoms with Crippen LogP contribution in [0.5, 0.6) is 0 Å². The fraction of sp³-hybridized carbons (Fsp3) is 0.462. The highest BCUT2D eigenvalue weighted by molar-refractivity contribution is 5.49. The topological polar surface area (TPSA) is 63.6 Å². The minimum atomic E-state index is -0.0516. The molecule has 1 N–H and O–H groups in total. The highest BCUT2D eigenvalue weighted by Gasteiger charge is 2.11. The normalized spacial score (nSPS) is 10.8. The number of aromatic amines is 1. The van der Waals surface area contributed by atoms with Crippen LogP contribution in [-0.2, 0) is 13.0 Å². The molecule has 2 rings (SSSR count). The van der Waals surface area contributed by atoms with Crippen molar-refractivity contribution in [2.24, 2.45) is 0 Å². The monoisotopic (exact) mass is 246 g/mol. The van der Waals surface area contributed by atoms with Crippen molar-refractivity contribution < 1.29 is 0 Å². The van der Waals surface area contributed by atoms with Gasteiger partial charge < -0.3 is 4.98 Å². The lowest BCUT2D eigenvalue weighted by Gasteiger charge is -2.07. The van der Waals surface area contributed by atoms with Crippen molar-refractivity contribution in [1.82, 2.24) is 19.7 Å². The molecule has 2 aromatic heterocycles. The Labute approximate surface area is 106 Å². The molecule has 0 aliphatic heterocycles. The van der Waals surface area contributed by atoms with Crippen molar-refractivity contribution in [1.29, 1.82) is 0 Å². The van der Waals surface area contributed by atoms with E-state index in [0.717, 1.165) is 29.9 Å². The van der Waals surface area contributed by atoms with Crippen molar-refractivity contribution in [2.75, 3.05) is 0 Å². The molecule has 18 heavy (non-hydrogen) atoms. The Bertz CT molecular complexity index is 597. The van der Waals surface area contributed by atoms with Gasteiger partial charge in [0.1, 0.15) is 5.69 Å². The summed E-state index contributed by atoms with van der Waals surface area (Å²) in [4.78, 5) is 19.2. The third kappa shape index (κ3) is 2.20. The van der Waals surface area contributed by atoms with Crippen LogP contribution < -0.4 is 5.56 Å². The maximum Gasteiger partial charge on any atom is 0.254 e. The van der Waals surface area contributed by atoms with Gasteiger partial charge in [0.15, 0.2) is 5.82 Å². The van der Waals surface area contributed by atoms with Crippen molar-refractivity contribution in [3.63, 3.8) is 0 Å². The van der Waals surface area contributed by atoms with Gasteiger partial charge in [0.25, 0.3) is 5.56 Å². The third-order valence-corrected chi connectivity index (χ3v) is 2.97. The smallest absolute Gasteiger partial charge is 0.254 e. The molecule has 0 aliphatic carbocycles. The summed E-state index contributed by atoms with van der Waals surface area (Å²) in [5.74, 6) is 0.598. The number of nitrogens with zero attached hydrogens (tertiary/aromatic N) is 3. The van der Waals surface area contributed by atoms with Gasteiger partial charge in [-0.15, -0.1) is 0 Å². The zero-order chi connectivity index (χ0) is 13.1. The van der Waals surface area contributed by atoms with E-state index >= 15 is 0 Å². The molecule has 0 saturated carbocycles. The quantitative estimate of drug-likeness (QED) is 0.896. The van der Waals surface area contributed by atoms with E-state index in [1.54, 1.807) is 6.20 Å². The van der Waals surface area contributed by atoms with Gasteiger partial charge in [-0.25, -0.2) is 4.98 Å². The molecule has 0 unspecified atom stereocenters. The number of hydrogen-bond donors (Lipinski definition) is 1. The van der Waals surface area contributed by atoms with Crippen LogP contribution in [0.2, 0.25) is 0 Å². The van der Waals surface area contributed by atoms with Gasteiger partial charge >= 0.3 is 0 Å². The Morgan fingerprint density at radius 3 is 2.78 bits per heavy atom. The van der Waals surface area contributed by atoms with Gasteiger partial charge in [0.2, 0.25) is 0 Å². The fourth-order valence-electron chi connectivity index (χ4n) is 2.07. The predicted octanol–water partition coefficient (Wildman–Crippen LogP) is 1.91. The Hall–Kier alpha value is -1.91. The molecule has 0 bridgehead atoms. The highest BCUT2D eigenvalue weighted by Crippen LogP contribution is 2.14. The van der Waals surface area contributed by atoms with Crippen LogP contribution in [0.3, 0.4) is 0 Å². The van der Waals surface area contributed by atoms with Crippen LogP contribution in [0.1, 0.15) is 31.5 Å². The molecule has 0 radical (unpaired) electrons. The number of H-pyrrole nitrogens is 1. The van der Waals surface area contributed by atoms with E-state index in [1.807, 2.05) is 24.6 Å². The molecule has 2 heterocycles. The molecular weight excluding hydrogens is 228 g/mol. The first-order valence-electron chi connectivity index (χ1n) is 6.29. The lowest BCUT2D eigenvalue weighted by Crippen LogP contribution is -2.17. The number of rotatable bonds is 4. The van der Waals surface area contributed by atoms with Crippen LogP contribution in [0.15, 0.2) is 17.1 Å². The summed E-state index contributed by atoms with van der Waals surface area (Å²) in [5, 5.41) is 4.24. The van der Waals surface area contributed by atoms with Gasteiger partial charge in [-0.05, 0) is 25.8 Å². The van der Waals surface area contributed by atoms with Gasteiger partial charge in [-0.3, -0.25) is 9.48 Å². The largest absolute Gasteiger partial charge is 0.305 e. The van der Waals surface area contributed by atoms with Gasteiger partial charge in [-0.2, -0.15) is 5.10 Å². The van der Waals surface area contributed by atoms with E-state index in [-0.39, 0.29) is 5.56 Å². The van der Waals surface area contributed by atoms with Crippen molar-refractivity contribution >= 4 is 0 Å².